The topological polar surface area (TPSA) is 31.4 Å². The first-order valence-corrected chi connectivity index (χ1v) is 13.3. The molecule has 0 bridgehead atoms. The van der Waals surface area contributed by atoms with Crippen molar-refractivity contribution in [3.63, 3.8) is 0 Å². The minimum Gasteiger partial charge on any atom is -0.491 e. The number of benzene rings is 2. The Kier molecular flexibility index (Phi) is 8.02. The zero-order chi connectivity index (χ0) is 25.9. The Morgan fingerprint density at radius 1 is 1.03 bits per heavy atom. The summed E-state index contributed by atoms with van der Waals surface area (Å²) in [5.74, 6) is 2.53. The summed E-state index contributed by atoms with van der Waals surface area (Å²) in [6.07, 6.45) is 6.34. The zero-order valence-electron chi connectivity index (χ0n) is 22.6. The molecular formula is C32H40FNO2. The molecule has 1 fully saturated rings. The van der Waals surface area contributed by atoms with Crippen LogP contribution >= 0.6 is 0 Å². The number of ether oxygens (including phenoxy) is 2. The van der Waals surface area contributed by atoms with Crippen LogP contribution in [0.1, 0.15) is 83.4 Å². The van der Waals surface area contributed by atoms with Crippen LogP contribution in [-0.4, -0.2) is 11.1 Å². The van der Waals surface area contributed by atoms with E-state index in [1.807, 2.05) is 19.9 Å². The van der Waals surface area contributed by atoms with Crippen molar-refractivity contribution in [3.8, 4) is 22.8 Å². The summed E-state index contributed by atoms with van der Waals surface area (Å²) in [4.78, 5) is 4.70. The summed E-state index contributed by atoms with van der Waals surface area (Å²) in [6, 6.07) is 15.7. The molecule has 4 heteroatoms. The summed E-state index contributed by atoms with van der Waals surface area (Å²) in [5, 5.41) is 0. The van der Waals surface area contributed by atoms with Gasteiger partial charge < -0.3 is 9.47 Å². The third-order valence-corrected chi connectivity index (χ3v) is 6.64. The van der Waals surface area contributed by atoms with Gasteiger partial charge in [-0.3, -0.25) is 4.98 Å². The van der Waals surface area contributed by atoms with Crippen molar-refractivity contribution >= 4 is 0 Å². The van der Waals surface area contributed by atoms with Crippen LogP contribution in [0.2, 0.25) is 0 Å². The van der Waals surface area contributed by atoms with Gasteiger partial charge in [-0.15, -0.1) is 0 Å². The van der Waals surface area contributed by atoms with E-state index in [4.69, 9.17) is 14.5 Å². The third-order valence-electron chi connectivity index (χ3n) is 6.64. The Balaban J connectivity index is 1.59. The standard InChI is InChI=1S/C32H40FNO2/c1-7-28(23-11-12-23)24-10-8-9-22(15-24)20-35-27-16-25(18-32(4,5)6)31(34-19-27)29-17-26(36-21(2)3)13-14-30(29)33/h8-10,13-17,19,21,23,28H,7,11-12,18,20H2,1-6H3. The van der Waals surface area contributed by atoms with Crippen LogP contribution < -0.4 is 9.47 Å². The molecule has 36 heavy (non-hydrogen) atoms. The van der Waals surface area contributed by atoms with Gasteiger partial charge in [0.2, 0.25) is 0 Å². The maximum Gasteiger partial charge on any atom is 0.138 e. The van der Waals surface area contributed by atoms with Crippen LogP contribution in [-0.2, 0) is 13.0 Å². The largest absolute Gasteiger partial charge is 0.491 e. The highest BCUT2D eigenvalue weighted by Gasteiger charge is 2.31. The molecule has 1 heterocycles. The Labute approximate surface area is 216 Å². The van der Waals surface area contributed by atoms with Gasteiger partial charge in [-0.2, -0.15) is 0 Å². The average Bonchev–Trinajstić information content (AvgIpc) is 3.64. The number of nitrogens with zero attached hydrogens (tertiary/aromatic N) is 1. The summed E-state index contributed by atoms with van der Waals surface area (Å²) in [7, 11) is 0. The Morgan fingerprint density at radius 2 is 1.81 bits per heavy atom. The highest BCUT2D eigenvalue weighted by Crippen LogP contribution is 2.44. The summed E-state index contributed by atoms with van der Waals surface area (Å²) < 4.78 is 27.0. The number of pyridine rings is 1. The molecule has 4 rings (SSSR count). The zero-order valence-corrected chi connectivity index (χ0v) is 22.6. The molecule has 3 nitrogen and oxygen atoms in total. The first kappa shape index (κ1) is 26.2. The smallest absolute Gasteiger partial charge is 0.138 e. The predicted molar refractivity (Wildman–Crippen MR) is 145 cm³/mol. The molecule has 0 radical (unpaired) electrons. The van der Waals surface area contributed by atoms with E-state index in [0.29, 0.717) is 35.3 Å². The fourth-order valence-corrected chi connectivity index (χ4v) is 4.97. The molecule has 0 N–H and O–H groups in total. The quantitative estimate of drug-likeness (QED) is 0.285. The second-order valence-corrected chi connectivity index (χ2v) is 11.6. The molecule has 1 aliphatic rings. The average molecular weight is 490 g/mol. The Morgan fingerprint density at radius 3 is 2.47 bits per heavy atom. The first-order chi connectivity index (χ1) is 17.1. The van der Waals surface area contributed by atoms with Gasteiger partial charge >= 0.3 is 0 Å². The molecule has 1 atom stereocenters. The molecule has 1 aliphatic carbocycles. The van der Waals surface area contributed by atoms with Gasteiger partial charge in [0.1, 0.15) is 23.9 Å². The van der Waals surface area contributed by atoms with Crippen molar-refractivity contribution in [1.29, 1.82) is 0 Å². The van der Waals surface area contributed by atoms with Crippen molar-refractivity contribution in [1.82, 2.24) is 4.98 Å². The molecule has 1 unspecified atom stereocenters. The van der Waals surface area contributed by atoms with Crippen molar-refractivity contribution in [2.24, 2.45) is 11.3 Å². The van der Waals surface area contributed by atoms with E-state index < -0.39 is 0 Å². The molecule has 0 aliphatic heterocycles. The minimum atomic E-state index is -0.305. The van der Waals surface area contributed by atoms with E-state index in [1.54, 1.807) is 18.3 Å². The minimum absolute atomic E-state index is 0.00385. The second-order valence-electron chi connectivity index (χ2n) is 11.6. The van der Waals surface area contributed by atoms with Gasteiger partial charge in [-0.1, -0.05) is 52.0 Å². The van der Waals surface area contributed by atoms with E-state index in [9.17, 15) is 4.39 Å². The van der Waals surface area contributed by atoms with Crippen LogP contribution in [0.5, 0.6) is 11.5 Å². The third kappa shape index (κ3) is 6.87. The lowest BCUT2D eigenvalue weighted by molar-refractivity contribution is 0.242. The van der Waals surface area contributed by atoms with Gasteiger partial charge in [0.25, 0.3) is 0 Å². The lowest BCUT2D eigenvalue weighted by Gasteiger charge is -2.21. The predicted octanol–water partition coefficient (Wildman–Crippen LogP) is 8.75. The van der Waals surface area contributed by atoms with E-state index in [1.165, 1.54) is 30.9 Å². The van der Waals surface area contributed by atoms with Gasteiger partial charge in [0, 0.05) is 5.56 Å². The molecular weight excluding hydrogens is 449 g/mol. The number of rotatable bonds is 10. The molecule has 1 saturated carbocycles. The highest BCUT2D eigenvalue weighted by atomic mass is 19.1. The Bertz CT molecular complexity index is 1180. The number of halogens is 1. The van der Waals surface area contributed by atoms with Gasteiger partial charge in [0.05, 0.1) is 18.0 Å². The van der Waals surface area contributed by atoms with Crippen LogP contribution in [0.3, 0.4) is 0 Å². The van der Waals surface area contributed by atoms with Crippen molar-refractivity contribution in [2.75, 3.05) is 0 Å². The number of aromatic nitrogens is 1. The molecule has 1 aromatic heterocycles. The van der Waals surface area contributed by atoms with Crippen molar-refractivity contribution in [3.05, 3.63) is 77.2 Å². The fraction of sp³-hybridized carbons (Fsp3) is 0.469. The van der Waals surface area contributed by atoms with Gasteiger partial charge in [-0.05, 0) is 97.7 Å². The molecule has 2 aromatic carbocycles. The lowest BCUT2D eigenvalue weighted by Crippen LogP contribution is -2.12. The lowest BCUT2D eigenvalue weighted by atomic mass is 9.86. The number of hydrogen-bond donors (Lipinski definition) is 0. The van der Waals surface area contributed by atoms with E-state index >= 15 is 0 Å². The van der Waals surface area contributed by atoms with E-state index in [0.717, 1.165) is 23.5 Å². The molecule has 192 valence electrons. The summed E-state index contributed by atoms with van der Waals surface area (Å²) in [6.45, 7) is 13.2. The SMILES string of the molecule is CCC(c1cccc(COc2cnc(-c3cc(OC(C)C)ccc3F)c(CC(C)(C)C)c2)c1)C1CC1. The number of hydrogen-bond acceptors (Lipinski definition) is 3. The molecule has 0 amide bonds. The molecule has 0 spiro atoms. The fourth-order valence-electron chi connectivity index (χ4n) is 4.97. The molecule has 0 saturated heterocycles. The highest BCUT2D eigenvalue weighted by molar-refractivity contribution is 5.66. The monoisotopic (exact) mass is 489 g/mol. The molecule has 3 aromatic rings. The van der Waals surface area contributed by atoms with E-state index in [2.05, 4.69) is 52.0 Å². The van der Waals surface area contributed by atoms with Crippen molar-refractivity contribution in [2.45, 2.75) is 85.9 Å². The maximum absolute atomic E-state index is 14.9. The second kappa shape index (κ2) is 11.0. The van der Waals surface area contributed by atoms with Crippen LogP contribution in [0.15, 0.2) is 54.7 Å². The normalized spacial score (nSPS) is 14.7. The van der Waals surface area contributed by atoms with Gasteiger partial charge in [-0.25, -0.2) is 4.39 Å². The summed E-state index contributed by atoms with van der Waals surface area (Å²) >= 11 is 0. The van der Waals surface area contributed by atoms with Crippen molar-refractivity contribution < 1.29 is 13.9 Å². The van der Waals surface area contributed by atoms with Crippen LogP contribution in [0.25, 0.3) is 11.3 Å². The maximum atomic E-state index is 14.9. The van der Waals surface area contributed by atoms with Gasteiger partial charge in [0.15, 0.2) is 0 Å². The van der Waals surface area contributed by atoms with E-state index in [-0.39, 0.29) is 17.3 Å². The Hall–Kier alpha value is -2.88. The first-order valence-electron chi connectivity index (χ1n) is 13.3. The van der Waals surface area contributed by atoms with Crippen LogP contribution in [0.4, 0.5) is 4.39 Å². The van der Waals surface area contributed by atoms with Crippen LogP contribution in [0, 0.1) is 17.2 Å². The summed E-state index contributed by atoms with van der Waals surface area (Å²) in [5.41, 5.74) is 4.65.